The third-order valence-electron chi connectivity index (χ3n) is 5.49. The minimum absolute atomic E-state index is 0.0373. The molecule has 0 spiro atoms. The van der Waals surface area contributed by atoms with E-state index in [1.165, 1.54) is 37.4 Å². The van der Waals surface area contributed by atoms with Gasteiger partial charge in [0.2, 0.25) is 0 Å². The fourth-order valence-corrected chi connectivity index (χ4v) is 3.70. The number of rotatable bonds is 7. The second-order valence-corrected chi connectivity index (χ2v) is 7.76. The molecule has 0 bridgehead atoms. The molecule has 11 heteroatoms. The lowest BCUT2D eigenvalue weighted by molar-refractivity contribution is -0.384. The van der Waals surface area contributed by atoms with Crippen molar-refractivity contribution >= 4 is 40.8 Å². The third kappa shape index (κ3) is 4.49. The van der Waals surface area contributed by atoms with Crippen LogP contribution < -0.4 is 15.0 Å². The minimum Gasteiger partial charge on any atom is -0.496 e. The number of methoxy groups -OCH3 is 1. The number of esters is 1. The number of anilines is 2. The number of nitro benzene ring substituents is 1. The molecule has 1 aliphatic rings. The maximum absolute atomic E-state index is 13.0. The van der Waals surface area contributed by atoms with Gasteiger partial charge < -0.3 is 14.8 Å². The highest BCUT2D eigenvalue weighted by Gasteiger charge is 2.37. The number of nitro groups is 1. The van der Waals surface area contributed by atoms with E-state index < -0.39 is 40.9 Å². The van der Waals surface area contributed by atoms with Gasteiger partial charge in [0, 0.05) is 0 Å². The quantitative estimate of drug-likeness (QED) is 0.230. The van der Waals surface area contributed by atoms with Gasteiger partial charge in [-0.1, -0.05) is 18.2 Å². The Hall–Kier alpha value is -5.06. The molecule has 1 aliphatic heterocycles. The molecule has 4 rings (SSSR count). The molecule has 11 nitrogen and oxygen atoms in total. The van der Waals surface area contributed by atoms with Crippen LogP contribution in [0.4, 0.5) is 17.1 Å². The highest BCUT2D eigenvalue weighted by atomic mass is 16.6. The van der Waals surface area contributed by atoms with E-state index in [1.54, 1.807) is 31.2 Å². The van der Waals surface area contributed by atoms with Crippen LogP contribution in [0.2, 0.25) is 0 Å². The fourth-order valence-electron chi connectivity index (χ4n) is 3.70. The molecule has 0 saturated carbocycles. The predicted molar refractivity (Wildman–Crippen MR) is 127 cm³/mol. The summed E-state index contributed by atoms with van der Waals surface area (Å²) in [5.41, 5.74) is 0.825. The Bertz CT molecular complexity index is 1430. The van der Waals surface area contributed by atoms with Crippen molar-refractivity contribution in [3.8, 4) is 5.75 Å². The average molecular weight is 489 g/mol. The molecule has 3 amide bonds. The predicted octanol–water partition coefficient (Wildman–Crippen LogP) is 3.51. The van der Waals surface area contributed by atoms with E-state index in [4.69, 9.17) is 9.47 Å². The minimum atomic E-state index is -0.910. The Kier molecular flexibility index (Phi) is 6.46. The first-order chi connectivity index (χ1) is 17.2. The van der Waals surface area contributed by atoms with Gasteiger partial charge in [0.15, 0.2) is 6.61 Å². The molecular formula is C25H19N3O8. The molecular weight excluding hydrogens is 470 g/mol. The number of para-hydroxylation sites is 1. The number of aryl methyl sites for hydroxylation is 1. The number of fused-ring (bicyclic) bond motifs is 1. The first kappa shape index (κ1) is 24.1. The van der Waals surface area contributed by atoms with E-state index >= 15 is 0 Å². The normalized spacial score (nSPS) is 12.2. The van der Waals surface area contributed by atoms with Crippen LogP contribution in [0.1, 0.15) is 36.6 Å². The van der Waals surface area contributed by atoms with Crippen molar-refractivity contribution in [2.75, 3.05) is 23.9 Å². The van der Waals surface area contributed by atoms with Crippen LogP contribution in [0, 0.1) is 17.0 Å². The van der Waals surface area contributed by atoms with Gasteiger partial charge in [0.05, 0.1) is 40.5 Å². The molecule has 1 heterocycles. The van der Waals surface area contributed by atoms with E-state index in [0.29, 0.717) is 5.69 Å². The molecule has 0 fully saturated rings. The molecule has 0 aliphatic carbocycles. The maximum Gasteiger partial charge on any atom is 0.338 e. The number of nitrogens with zero attached hydrogens (tertiary/aromatic N) is 2. The highest BCUT2D eigenvalue weighted by molar-refractivity contribution is 6.35. The number of benzene rings is 3. The van der Waals surface area contributed by atoms with Gasteiger partial charge in [-0.05, 0) is 48.9 Å². The maximum atomic E-state index is 13.0. The van der Waals surface area contributed by atoms with E-state index in [2.05, 4.69) is 5.32 Å². The van der Waals surface area contributed by atoms with Gasteiger partial charge in [-0.3, -0.25) is 24.5 Å². The number of carbonyl (C=O) groups excluding carboxylic acids is 4. The molecule has 3 aromatic rings. The van der Waals surface area contributed by atoms with Gasteiger partial charge in [0.1, 0.15) is 11.4 Å². The molecule has 0 saturated heterocycles. The Morgan fingerprint density at radius 3 is 2.42 bits per heavy atom. The largest absolute Gasteiger partial charge is 0.496 e. The van der Waals surface area contributed by atoms with Crippen LogP contribution in [0.3, 0.4) is 0 Å². The van der Waals surface area contributed by atoms with Crippen LogP contribution in [0.5, 0.6) is 5.75 Å². The van der Waals surface area contributed by atoms with Crippen molar-refractivity contribution < 1.29 is 33.6 Å². The van der Waals surface area contributed by atoms with Gasteiger partial charge >= 0.3 is 5.97 Å². The highest BCUT2D eigenvalue weighted by Crippen LogP contribution is 2.31. The molecule has 3 aromatic carbocycles. The monoisotopic (exact) mass is 489 g/mol. The number of hydrogen-bond acceptors (Lipinski definition) is 8. The number of imide groups is 1. The molecule has 0 aromatic heterocycles. The van der Waals surface area contributed by atoms with Crippen molar-refractivity contribution in [1.82, 2.24) is 0 Å². The van der Waals surface area contributed by atoms with Gasteiger partial charge in [-0.15, -0.1) is 0 Å². The van der Waals surface area contributed by atoms with E-state index in [-0.39, 0.29) is 28.1 Å². The van der Waals surface area contributed by atoms with Crippen molar-refractivity contribution in [2.45, 2.75) is 6.92 Å². The molecule has 0 unspecified atom stereocenters. The van der Waals surface area contributed by atoms with Crippen molar-refractivity contribution in [2.24, 2.45) is 0 Å². The number of hydrogen-bond donors (Lipinski definition) is 1. The zero-order valence-electron chi connectivity index (χ0n) is 19.1. The summed E-state index contributed by atoms with van der Waals surface area (Å²) in [6.07, 6.45) is 0. The van der Waals surface area contributed by atoms with E-state index in [0.717, 1.165) is 16.5 Å². The summed E-state index contributed by atoms with van der Waals surface area (Å²) < 4.78 is 9.95. The van der Waals surface area contributed by atoms with Crippen LogP contribution >= 0.6 is 0 Å². The molecule has 36 heavy (non-hydrogen) atoms. The number of nitrogens with one attached hydrogen (secondary N) is 1. The van der Waals surface area contributed by atoms with Gasteiger partial charge in [-0.25, -0.2) is 9.69 Å². The summed E-state index contributed by atoms with van der Waals surface area (Å²) in [5.74, 6) is -2.58. The fraction of sp³-hybridized carbons (Fsp3) is 0.120. The summed E-state index contributed by atoms with van der Waals surface area (Å²) in [6, 6.07) is 14.7. The van der Waals surface area contributed by atoms with Crippen LogP contribution in [-0.4, -0.2) is 42.3 Å². The summed E-state index contributed by atoms with van der Waals surface area (Å²) >= 11 is 0. The Morgan fingerprint density at radius 1 is 1.00 bits per heavy atom. The topological polar surface area (TPSA) is 145 Å². The van der Waals surface area contributed by atoms with Gasteiger partial charge in [0.25, 0.3) is 23.4 Å². The second kappa shape index (κ2) is 9.66. The van der Waals surface area contributed by atoms with Crippen molar-refractivity contribution in [1.29, 1.82) is 0 Å². The smallest absolute Gasteiger partial charge is 0.338 e. The van der Waals surface area contributed by atoms with Crippen LogP contribution in [0.25, 0.3) is 0 Å². The average Bonchev–Trinajstić information content (AvgIpc) is 3.12. The Labute approximate surface area is 204 Å². The lowest BCUT2D eigenvalue weighted by Crippen LogP contribution is -2.29. The molecule has 0 atom stereocenters. The van der Waals surface area contributed by atoms with Crippen LogP contribution in [0.15, 0.2) is 60.7 Å². The number of amides is 3. The lowest BCUT2D eigenvalue weighted by Gasteiger charge is -2.16. The standard InChI is InChI=1S/C25H19N3O8/c1-14-5-3-4-6-20(14)27-23(30)17-9-7-15(11-18(17)24(27)31)25(32)36-13-22(29)26-19-10-8-16(35-2)12-21(19)28(33)34/h3-12H,13H2,1-2H3,(H,26,29). The summed E-state index contributed by atoms with van der Waals surface area (Å²) in [4.78, 5) is 62.2. The molecule has 182 valence electrons. The SMILES string of the molecule is COc1ccc(NC(=O)COC(=O)c2ccc3c(c2)C(=O)N(c2ccccc2C)C3=O)c([N+](=O)[O-])c1. The molecule has 0 radical (unpaired) electrons. The van der Waals surface area contributed by atoms with Crippen LogP contribution in [-0.2, 0) is 9.53 Å². The van der Waals surface area contributed by atoms with Crippen molar-refractivity contribution in [3.05, 3.63) is 93.0 Å². The Morgan fingerprint density at radius 2 is 1.72 bits per heavy atom. The summed E-state index contributed by atoms with van der Waals surface area (Å²) in [7, 11) is 1.35. The molecule has 1 N–H and O–H groups in total. The number of ether oxygens (including phenoxy) is 2. The Balaban J connectivity index is 1.45. The summed E-state index contributed by atoms with van der Waals surface area (Å²) in [5, 5.41) is 13.6. The van der Waals surface area contributed by atoms with E-state index in [1.807, 2.05) is 0 Å². The zero-order valence-corrected chi connectivity index (χ0v) is 19.1. The first-order valence-corrected chi connectivity index (χ1v) is 10.6. The first-order valence-electron chi connectivity index (χ1n) is 10.6. The van der Waals surface area contributed by atoms with Crippen molar-refractivity contribution in [3.63, 3.8) is 0 Å². The summed E-state index contributed by atoms with van der Waals surface area (Å²) in [6.45, 7) is 1.04. The lowest BCUT2D eigenvalue weighted by atomic mass is 10.1. The zero-order chi connectivity index (χ0) is 26.0. The van der Waals surface area contributed by atoms with E-state index in [9.17, 15) is 29.3 Å². The third-order valence-corrected chi connectivity index (χ3v) is 5.49. The van der Waals surface area contributed by atoms with Gasteiger partial charge in [-0.2, -0.15) is 0 Å². The second-order valence-electron chi connectivity index (χ2n) is 7.76. The number of carbonyl (C=O) groups is 4.